The average Bonchev–Trinajstić information content (AvgIpc) is 2.28. The van der Waals surface area contributed by atoms with Gasteiger partial charge in [0.25, 0.3) is 0 Å². The van der Waals surface area contributed by atoms with E-state index in [0.29, 0.717) is 0 Å². The van der Waals surface area contributed by atoms with Crippen molar-refractivity contribution >= 4 is 0 Å². The molecule has 1 aliphatic carbocycles. The van der Waals surface area contributed by atoms with E-state index in [-0.39, 0.29) is 6.10 Å². The molecule has 0 bridgehead atoms. The standard InChI is InChI=1S/C15H21NO/c1-16-10-15-14-7-3-6-12(11-4-2-5-11)13(14)8-9-17-15/h3,6-7,11,15-16H,2,4-5,8-10H2,1H3/t15-/m0/s1. The first-order valence-electron chi connectivity index (χ1n) is 6.78. The maximum absolute atomic E-state index is 5.87. The molecule has 1 saturated carbocycles. The van der Waals surface area contributed by atoms with E-state index in [1.165, 1.54) is 24.8 Å². The Hall–Kier alpha value is -0.860. The van der Waals surface area contributed by atoms with E-state index in [2.05, 4.69) is 23.5 Å². The third-order valence-electron chi connectivity index (χ3n) is 4.20. The number of hydrogen-bond donors (Lipinski definition) is 1. The fraction of sp³-hybridized carbons (Fsp3) is 0.600. The zero-order valence-corrected chi connectivity index (χ0v) is 10.5. The Morgan fingerprint density at radius 2 is 2.12 bits per heavy atom. The number of ether oxygens (including phenoxy) is 1. The molecule has 1 aromatic rings. The molecule has 0 aromatic heterocycles. The highest BCUT2D eigenvalue weighted by Gasteiger charge is 2.27. The van der Waals surface area contributed by atoms with Crippen LogP contribution in [-0.2, 0) is 11.2 Å². The maximum Gasteiger partial charge on any atom is 0.0951 e. The molecule has 1 aromatic carbocycles. The monoisotopic (exact) mass is 231 g/mol. The van der Waals surface area contributed by atoms with Crippen molar-refractivity contribution in [1.82, 2.24) is 5.32 Å². The molecule has 2 heteroatoms. The number of nitrogens with one attached hydrogen (secondary N) is 1. The van der Waals surface area contributed by atoms with E-state index in [1.807, 2.05) is 7.05 Å². The number of rotatable bonds is 3. The van der Waals surface area contributed by atoms with Crippen LogP contribution in [0, 0.1) is 0 Å². The first-order chi connectivity index (χ1) is 8.40. The van der Waals surface area contributed by atoms with Crippen LogP contribution in [0.25, 0.3) is 0 Å². The lowest BCUT2D eigenvalue weighted by atomic mass is 9.76. The van der Waals surface area contributed by atoms with Crippen LogP contribution in [0.4, 0.5) is 0 Å². The lowest BCUT2D eigenvalue weighted by molar-refractivity contribution is 0.0433. The minimum atomic E-state index is 0.253. The van der Waals surface area contributed by atoms with Crippen molar-refractivity contribution in [3.8, 4) is 0 Å². The molecule has 0 unspecified atom stereocenters. The van der Waals surface area contributed by atoms with Crippen LogP contribution in [0.15, 0.2) is 18.2 Å². The first kappa shape index (κ1) is 11.2. The SMILES string of the molecule is CNC[C@@H]1OCCc2c(C3CCC3)cccc21. The molecule has 3 rings (SSSR count). The summed E-state index contributed by atoms with van der Waals surface area (Å²) in [6.07, 6.45) is 5.53. The van der Waals surface area contributed by atoms with Gasteiger partial charge in [-0.15, -0.1) is 0 Å². The highest BCUT2D eigenvalue weighted by Crippen LogP contribution is 2.41. The molecule has 1 fully saturated rings. The molecule has 0 spiro atoms. The van der Waals surface area contributed by atoms with Gasteiger partial charge in [0.05, 0.1) is 12.7 Å². The molecule has 2 aliphatic rings. The second-order valence-corrected chi connectivity index (χ2v) is 5.21. The van der Waals surface area contributed by atoms with Gasteiger partial charge < -0.3 is 10.1 Å². The van der Waals surface area contributed by atoms with Crippen molar-refractivity contribution in [3.05, 3.63) is 34.9 Å². The normalized spacial score (nSPS) is 24.2. The fourth-order valence-electron chi connectivity index (χ4n) is 3.06. The van der Waals surface area contributed by atoms with Gasteiger partial charge in [-0.2, -0.15) is 0 Å². The van der Waals surface area contributed by atoms with E-state index >= 15 is 0 Å². The Bertz CT molecular complexity index is 398. The van der Waals surface area contributed by atoms with Gasteiger partial charge in [0.15, 0.2) is 0 Å². The Morgan fingerprint density at radius 1 is 1.29 bits per heavy atom. The lowest BCUT2D eigenvalue weighted by Crippen LogP contribution is -2.27. The Balaban J connectivity index is 1.94. The van der Waals surface area contributed by atoms with Crippen LogP contribution in [0.3, 0.4) is 0 Å². The zero-order valence-electron chi connectivity index (χ0n) is 10.5. The minimum absolute atomic E-state index is 0.253. The highest BCUT2D eigenvalue weighted by molar-refractivity contribution is 5.41. The maximum atomic E-state index is 5.87. The summed E-state index contributed by atoms with van der Waals surface area (Å²) in [7, 11) is 1.99. The molecule has 1 atom stereocenters. The fourth-order valence-corrected chi connectivity index (χ4v) is 3.06. The topological polar surface area (TPSA) is 21.3 Å². The highest BCUT2D eigenvalue weighted by atomic mass is 16.5. The molecule has 0 radical (unpaired) electrons. The Labute approximate surface area is 103 Å². The van der Waals surface area contributed by atoms with Gasteiger partial charge in [0.1, 0.15) is 0 Å². The molecule has 0 saturated heterocycles. The van der Waals surface area contributed by atoms with Crippen LogP contribution in [0.5, 0.6) is 0 Å². The Kier molecular flexibility index (Phi) is 3.17. The van der Waals surface area contributed by atoms with Crippen molar-refractivity contribution in [2.24, 2.45) is 0 Å². The van der Waals surface area contributed by atoms with Crippen LogP contribution in [0.2, 0.25) is 0 Å². The predicted octanol–water partition coefficient (Wildman–Crippen LogP) is 2.79. The summed E-state index contributed by atoms with van der Waals surface area (Å²) in [4.78, 5) is 0. The van der Waals surface area contributed by atoms with E-state index in [0.717, 1.165) is 25.5 Å². The van der Waals surface area contributed by atoms with E-state index in [9.17, 15) is 0 Å². The summed E-state index contributed by atoms with van der Waals surface area (Å²) >= 11 is 0. The molecule has 1 N–H and O–H groups in total. The van der Waals surface area contributed by atoms with Crippen molar-refractivity contribution in [2.75, 3.05) is 20.2 Å². The smallest absolute Gasteiger partial charge is 0.0951 e. The van der Waals surface area contributed by atoms with Crippen LogP contribution in [0.1, 0.15) is 48.0 Å². The van der Waals surface area contributed by atoms with E-state index in [4.69, 9.17) is 4.74 Å². The molecule has 92 valence electrons. The third kappa shape index (κ3) is 2.00. The summed E-state index contributed by atoms with van der Waals surface area (Å²) in [5.74, 6) is 0.832. The van der Waals surface area contributed by atoms with Crippen molar-refractivity contribution in [2.45, 2.75) is 37.7 Å². The van der Waals surface area contributed by atoms with E-state index in [1.54, 1.807) is 11.1 Å². The third-order valence-corrected chi connectivity index (χ3v) is 4.20. The molecule has 1 heterocycles. The van der Waals surface area contributed by atoms with Crippen LogP contribution >= 0.6 is 0 Å². The molecule has 0 amide bonds. The summed E-state index contributed by atoms with van der Waals surface area (Å²) < 4.78 is 5.87. The van der Waals surface area contributed by atoms with Gasteiger partial charge in [-0.1, -0.05) is 24.6 Å². The average molecular weight is 231 g/mol. The molecule has 1 aliphatic heterocycles. The lowest BCUT2D eigenvalue weighted by Gasteiger charge is -2.33. The number of benzene rings is 1. The molecule has 2 nitrogen and oxygen atoms in total. The van der Waals surface area contributed by atoms with Gasteiger partial charge in [-0.05, 0) is 48.9 Å². The van der Waals surface area contributed by atoms with Crippen molar-refractivity contribution in [1.29, 1.82) is 0 Å². The molecule has 17 heavy (non-hydrogen) atoms. The second-order valence-electron chi connectivity index (χ2n) is 5.21. The summed E-state index contributed by atoms with van der Waals surface area (Å²) in [6.45, 7) is 1.80. The van der Waals surface area contributed by atoms with Gasteiger partial charge >= 0.3 is 0 Å². The van der Waals surface area contributed by atoms with Crippen LogP contribution in [-0.4, -0.2) is 20.2 Å². The summed E-state index contributed by atoms with van der Waals surface area (Å²) in [5, 5.41) is 3.23. The number of hydrogen-bond acceptors (Lipinski definition) is 2. The quantitative estimate of drug-likeness (QED) is 0.863. The van der Waals surface area contributed by atoms with E-state index < -0.39 is 0 Å². The molecular weight excluding hydrogens is 210 g/mol. The summed E-state index contributed by atoms with van der Waals surface area (Å²) in [5.41, 5.74) is 4.62. The van der Waals surface area contributed by atoms with Crippen LogP contribution < -0.4 is 5.32 Å². The summed E-state index contributed by atoms with van der Waals surface area (Å²) in [6, 6.07) is 6.80. The van der Waals surface area contributed by atoms with Crippen molar-refractivity contribution in [3.63, 3.8) is 0 Å². The molecular formula is C15H21NO. The number of fused-ring (bicyclic) bond motifs is 1. The van der Waals surface area contributed by atoms with Gasteiger partial charge in [0, 0.05) is 6.54 Å². The number of likely N-dealkylation sites (N-methyl/N-ethyl adjacent to an activating group) is 1. The second kappa shape index (κ2) is 4.79. The van der Waals surface area contributed by atoms with Crippen molar-refractivity contribution < 1.29 is 4.74 Å². The zero-order chi connectivity index (χ0) is 11.7. The minimum Gasteiger partial charge on any atom is -0.372 e. The van der Waals surface area contributed by atoms with Gasteiger partial charge in [-0.3, -0.25) is 0 Å². The first-order valence-corrected chi connectivity index (χ1v) is 6.78. The van der Waals surface area contributed by atoms with Gasteiger partial charge in [-0.25, -0.2) is 0 Å². The van der Waals surface area contributed by atoms with Gasteiger partial charge in [0.2, 0.25) is 0 Å². The largest absolute Gasteiger partial charge is 0.372 e. The predicted molar refractivity (Wildman–Crippen MR) is 69.4 cm³/mol. The Morgan fingerprint density at radius 3 is 2.82 bits per heavy atom.